The maximum atomic E-state index is 11.8. The molecule has 110 valence electrons. The topological polar surface area (TPSA) is 38.3 Å². The summed E-state index contributed by atoms with van der Waals surface area (Å²) in [5.41, 5.74) is 1.23. The second kappa shape index (κ2) is 8.32. The van der Waals surface area contributed by atoms with Crippen molar-refractivity contribution < 1.29 is 9.53 Å². The summed E-state index contributed by atoms with van der Waals surface area (Å²) < 4.78 is 5.34. The Labute approximate surface area is 125 Å². The number of carbonyl (C=O) groups is 1. The Morgan fingerprint density at radius 2 is 2.30 bits per heavy atom. The summed E-state index contributed by atoms with van der Waals surface area (Å²) in [6.45, 7) is 4.66. The number of hydrogen-bond donors (Lipinski definition) is 1. The van der Waals surface area contributed by atoms with Crippen molar-refractivity contribution in [3.63, 3.8) is 0 Å². The molecule has 0 spiro atoms. The Bertz CT molecular complexity index is 430. The second-order valence-corrected chi connectivity index (χ2v) is 6.29. The lowest BCUT2D eigenvalue weighted by molar-refractivity contribution is -0.118. The minimum Gasteiger partial charge on any atom is -0.381 e. The lowest BCUT2D eigenvalue weighted by Gasteiger charge is -2.09. The number of aryl methyl sites for hydroxylation is 1. The number of benzene rings is 1. The normalized spacial score (nSPS) is 18.1. The van der Waals surface area contributed by atoms with E-state index in [1.165, 1.54) is 16.9 Å². The molecular formula is C16H23NO2S. The van der Waals surface area contributed by atoms with E-state index in [0.717, 1.165) is 32.6 Å². The van der Waals surface area contributed by atoms with Crippen LogP contribution in [0.4, 0.5) is 0 Å². The predicted octanol–water partition coefficient (Wildman–Crippen LogP) is 3.02. The minimum atomic E-state index is 0.126. The Morgan fingerprint density at radius 1 is 1.45 bits per heavy atom. The second-order valence-electron chi connectivity index (χ2n) is 5.28. The van der Waals surface area contributed by atoms with Crippen molar-refractivity contribution in [2.45, 2.75) is 31.1 Å². The van der Waals surface area contributed by atoms with Gasteiger partial charge >= 0.3 is 0 Å². The van der Waals surface area contributed by atoms with Gasteiger partial charge in [-0.05, 0) is 43.7 Å². The lowest BCUT2D eigenvalue weighted by atomic mass is 10.0. The molecule has 1 fully saturated rings. The molecule has 0 unspecified atom stereocenters. The van der Waals surface area contributed by atoms with E-state index >= 15 is 0 Å². The molecule has 1 aliphatic heterocycles. The van der Waals surface area contributed by atoms with E-state index in [2.05, 4.69) is 24.4 Å². The van der Waals surface area contributed by atoms with Crippen molar-refractivity contribution in [3.05, 3.63) is 29.8 Å². The number of carbonyl (C=O) groups excluding carboxylic acids is 1. The first-order chi connectivity index (χ1) is 9.75. The van der Waals surface area contributed by atoms with E-state index in [-0.39, 0.29) is 5.91 Å². The SMILES string of the molecule is Cc1ccccc1SCC(=O)NCCC[C@H]1CCOC1. The highest BCUT2D eigenvalue weighted by Gasteiger charge is 2.14. The Kier molecular flexibility index (Phi) is 6.40. The smallest absolute Gasteiger partial charge is 0.230 e. The van der Waals surface area contributed by atoms with Gasteiger partial charge in [-0.25, -0.2) is 0 Å². The van der Waals surface area contributed by atoms with Gasteiger partial charge in [-0.2, -0.15) is 0 Å². The largest absolute Gasteiger partial charge is 0.381 e. The zero-order valence-corrected chi connectivity index (χ0v) is 12.9. The molecule has 1 N–H and O–H groups in total. The highest BCUT2D eigenvalue weighted by Crippen LogP contribution is 2.21. The molecule has 0 aromatic heterocycles. The van der Waals surface area contributed by atoms with Crippen LogP contribution in [0.1, 0.15) is 24.8 Å². The molecule has 0 aliphatic carbocycles. The summed E-state index contributed by atoms with van der Waals surface area (Å²) in [5.74, 6) is 1.33. The van der Waals surface area contributed by atoms with Crippen molar-refractivity contribution in [2.75, 3.05) is 25.5 Å². The fourth-order valence-corrected chi connectivity index (χ4v) is 3.20. The van der Waals surface area contributed by atoms with Gasteiger partial charge in [0.25, 0.3) is 0 Å². The van der Waals surface area contributed by atoms with Gasteiger partial charge in [0, 0.05) is 24.7 Å². The maximum absolute atomic E-state index is 11.8. The van der Waals surface area contributed by atoms with Gasteiger partial charge in [0.05, 0.1) is 5.75 Å². The van der Waals surface area contributed by atoms with Crippen LogP contribution < -0.4 is 5.32 Å². The fourth-order valence-electron chi connectivity index (χ4n) is 2.34. The molecule has 1 amide bonds. The van der Waals surface area contributed by atoms with Crippen molar-refractivity contribution >= 4 is 17.7 Å². The van der Waals surface area contributed by atoms with E-state index in [0.29, 0.717) is 11.7 Å². The van der Waals surface area contributed by atoms with Gasteiger partial charge in [-0.1, -0.05) is 18.2 Å². The molecule has 3 nitrogen and oxygen atoms in total. The molecule has 20 heavy (non-hydrogen) atoms. The molecule has 4 heteroatoms. The van der Waals surface area contributed by atoms with E-state index in [1.54, 1.807) is 11.8 Å². The Hall–Kier alpha value is -1.00. The Balaban J connectivity index is 1.57. The lowest BCUT2D eigenvalue weighted by Crippen LogP contribution is -2.26. The summed E-state index contributed by atoms with van der Waals surface area (Å²) in [6, 6.07) is 8.17. The van der Waals surface area contributed by atoms with Gasteiger partial charge in [0.1, 0.15) is 0 Å². The summed E-state index contributed by atoms with van der Waals surface area (Å²) in [7, 11) is 0. The first-order valence-electron chi connectivity index (χ1n) is 7.28. The number of amides is 1. The molecule has 1 aromatic rings. The van der Waals surface area contributed by atoms with Crippen molar-refractivity contribution in [3.8, 4) is 0 Å². The molecule has 0 radical (unpaired) electrons. The molecule has 2 rings (SSSR count). The molecule has 1 atom stereocenters. The summed E-state index contributed by atoms with van der Waals surface area (Å²) in [5, 5.41) is 3.00. The van der Waals surface area contributed by atoms with Crippen LogP contribution in [-0.2, 0) is 9.53 Å². The van der Waals surface area contributed by atoms with Crippen LogP contribution in [0.2, 0.25) is 0 Å². The molecule has 1 saturated heterocycles. The molecule has 1 aliphatic rings. The van der Waals surface area contributed by atoms with Gasteiger partial charge in [0.15, 0.2) is 0 Å². The quantitative estimate of drug-likeness (QED) is 0.620. The fraction of sp³-hybridized carbons (Fsp3) is 0.562. The predicted molar refractivity (Wildman–Crippen MR) is 83.1 cm³/mol. The standard InChI is InChI=1S/C16H23NO2S/c1-13-5-2-3-7-15(13)20-12-16(18)17-9-4-6-14-8-10-19-11-14/h2-3,5,7,14H,4,6,8-12H2,1H3,(H,17,18)/t14-/m0/s1. The van der Waals surface area contributed by atoms with Crippen molar-refractivity contribution in [1.82, 2.24) is 5.32 Å². The highest BCUT2D eigenvalue weighted by atomic mass is 32.2. The third-order valence-electron chi connectivity index (χ3n) is 3.59. The first kappa shape index (κ1) is 15.4. The van der Waals surface area contributed by atoms with E-state index < -0.39 is 0 Å². The van der Waals surface area contributed by atoms with Gasteiger partial charge in [-0.3, -0.25) is 4.79 Å². The maximum Gasteiger partial charge on any atom is 0.230 e. The van der Waals surface area contributed by atoms with Gasteiger partial charge in [0.2, 0.25) is 5.91 Å². The highest BCUT2D eigenvalue weighted by molar-refractivity contribution is 8.00. The van der Waals surface area contributed by atoms with Crippen LogP contribution >= 0.6 is 11.8 Å². The van der Waals surface area contributed by atoms with Crippen LogP contribution in [0.25, 0.3) is 0 Å². The van der Waals surface area contributed by atoms with E-state index in [1.807, 2.05) is 12.1 Å². The molecule has 1 aromatic carbocycles. The van der Waals surface area contributed by atoms with Crippen molar-refractivity contribution in [1.29, 1.82) is 0 Å². The summed E-state index contributed by atoms with van der Waals surface area (Å²) >= 11 is 1.61. The number of thioether (sulfide) groups is 1. The molecular weight excluding hydrogens is 270 g/mol. The summed E-state index contributed by atoms with van der Waals surface area (Å²) in [4.78, 5) is 13.0. The Morgan fingerprint density at radius 3 is 3.05 bits per heavy atom. The molecule has 0 bridgehead atoms. The van der Waals surface area contributed by atoms with Gasteiger partial charge < -0.3 is 10.1 Å². The third kappa shape index (κ3) is 5.17. The average Bonchev–Trinajstić information content (AvgIpc) is 2.96. The van der Waals surface area contributed by atoms with Crippen LogP contribution in [0.15, 0.2) is 29.2 Å². The van der Waals surface area contributed by atoms with Crippen LogP contribution in [0.5, 0.6) is 0 Å². The molecule has 0 saturated carbocycles. The monoisotopic (exact) mass is 293 g/mol. The van der Waals surface area contributed by atoms with Crippen molar-refractivity contribution in [2.24, 2.45) is 5.92 Å². The average molecular weight is 293 g/mol. The summed E-state index contributed by atoms with van der Waals surface area (Å²) in [6.07, 6.45) is 3.39. The minimum absolute atomic E-state index is 0.126. The third-order valence-corrected chi connectivity index (χ3v) is 4.76. The van der Waals surface area contributed by atoms with Crippen LogP contribution in [0, 0.1) is 12.8 Å². The van der Waals surface area contributed by atoms with Crippen LogP contribution in [-0.4, -0.2) is 31.4 Å². The first-order valence-corrected chi connectivity index (χ1v) is 8.27. The molecule has 1 heterocycles. The van der Waals surface area contributed by atoms with E-state index in [4.69, 9.17) is 4.74 Å². The zero-order valence-electron chi connectivity index (χ0n) is 12.1. The number of hydrogen-bond acceptors (Lipinski definition) is 3. The number of ether oxygens (including phenoxy) is 1. The van der Waals surface area contributed by atoms with Gasteiger partial charge in [-0.15, -0.1) is 11.8 Å². The van der Waals surface area contributed by atoms with E-state index in [9.17, 15) is 4.79 Å². The van der Waals surface area contributed by atoms with Crippen LogP contribution in [0.3, 0.4) is 0 Å². The zero-order chi connectivity index (χ0) is 14.2. The number of rotatable bonds is 7. The number of nitrogens with one attached hydrogen (secondary N) is 1.